The average molecular weight is 394 g/mol. The van der Waals surface area contributed by atoms with E-state index >= 15 is 0 Å². The molecule has 0 aliphatic carbocycles. The molecule has 5 aromatic rings. The summed E-state index contributed by atoms with van der Waals surface area (Å²) in [4.78, 5) is 17.7. The van der Waals surface area contributed by atoms with Gasteiger partial charge < -0.3 is 5.32 Å². The van der Waals surface area contributed by atoms with Crippen molar-refractivity contribution in [2.75, 3.05) is 5.32 Å². The topological polar surface area (TPSA) is 42.0 Å². The van der Waals surface area contributed by atoms with Gasteiger partial charge in [-0.3, -0.25) is 4.79 Å². The van der Waals surface area contributed by atoms with E-state index < -0.39 is 0 Å². The second-order valence-electron chi connectivity index (χ2n) is 7.00. The molecule has 1 aromatic heterocycles. The minimum Gasteiger partial charge on any atom is -0.322 e. The number of hydrogen-bond donors (Lipinski definition) is 1. The van der Waals surface area contributed by atoms with E-state index in [0.29, 0.717) is 5.56 Å². The Bertz CT molecular complexity index is 1330. The minimum absolute atomic E-state index is 0.0994. The highest BCUT2D eigenvalue weighted by Gasteiger charge is 2.12. The van der Waals surface area contributed by atoms with Crippen molar-refractivity contribution in [3.05, 3.63) is 96.1 Å². The van der Waals surface area contributed by atoms with E-state index in [9.17, 15) is 4.79 Å². The Morgan fingerprint density at radius 1 is 0.897 bits per heavy atom. The van der Waals surface area contributed by atoms with Crippen LogP contribution in [0.25, 0.3) is 31.6 Å². The fraction of sp³-hybridized carbons (Fsp3) is 0.0400. The number of amides is 1. The Morgan fingerprint density at radius 2 is 1.69 bits per heavy atom. The Balaban J connectivity index is 1.45. The summed E-state index contributed by atoms with van der Waals surface area (Å²) in [6.45, 7) is 2.01. The van der Waals surface area contributed by atoms with Crippen molar-refractivity contribution in [2.24, 2.45) is 0 Å². The summed E-state index contributed by atoms with van der Waals surface area (Å²) in [5.74, 6) is -0.0994. The number of hydrogen-bond acceptors (Lipinski definition) is 3. The second kappa shape index (κ2) is 7.15. The van der Waals surface area contributed by atoms with Gasteiger partial charge in [-0.25, -0.2) is 4.98 Å². The Morgan fingerprint density at radius 3 is 2.55 bits per heavy atom. The largest absolute Gasteiger partial charge is 0.322 e. The number of carbonyl (C=O) groups excluding carboxylic acids is 1. The van der Waals surface area contributed by atoms with Gasteiger partial charge in [0.2, 0.25) is 0 Å². The number of para-hydroxylation sites is 1. The van der Waals surface area contributed by atoms with Crippen LogP contribution in [0.1, 0.15) is 15.9 Å². The van der Waals surface area contributed by atoms with Crippen LogP contribution in [0.2, 0.25) is 0 Å². The number of nitrogens with zero attached hydrogens (tertiary/aromatic N) is 1. The van der Waals surface area contributed by atoms with Crippen molar-refractivity contribution < 1.29 is 4.79 Å². The maximum absolute atomic E-state index is 12.9. The Hall–Kier alpha value is -3.50. The first kappa shape index (κ1) is 17.6. The summed E-state index contributed by atoms with van der Waals surface area (Å²) in [7, 11) is 0. The van der Waals surface area contributed by atoms with Crippen LogP contribution < -0.4 is 5.32 Å². The van der Waals surface area contributed by atoms with Crippen LogP contribution in [-0.2, 0) is 0 Å². The molecule has 1 N–H and O–H groups in total. The van der Waals surface area contributed by atoms with Crippen molar-refractivity contribution >= 4 is 43.9 Å². The van der Waals surface area contributed by atoms with Crippen molar-refractivity contribution in [1.29, 1.82) is 0 Å². The van der Waals surface area contributed by atoms with Gasteiger partial charge in [-0.15, -0.1) is 11.3 Å². The van der Waals surface area contributed by atoms with Crippen LogP contribution in [0, 0.1) is 6.92 Å². The van der Waals surface area contributed by atoms with Crippen LogP contribution in [0.4, 0.5) is 5.69 Å². The minimum atomic E-state index is -0.0994. The highest BCUT2D eigenvalue weighted by Crippen LogP contribution is 2.32. The molecule has 0 saturated carbocycles. The van der Waals surface area contributed by atoms with Crippen LogP contribution in [-0.4, -0.2) is 10.9 Å². The van der Waals surface area contributed by atoms with Crippen molar-refractivity contribution in [1.82, 2.24) is 4.98 Å². The molecule has 5 rings (SSSR count). The van der Waals surface area contributed by atoms with Crippen molar-refractivity contribution in [2.45, 2.75) is 6.92 Å². The van der Waals surface area contributed by atoms with E-state index in [1.807, 2.05) is 79.7 Å². The van der Waals surface area contributed by atoms with Gasteiger partial charge in [0.05, 0.1) is 10.2 Å². The van der Waals surface area contributed by atoms with Crippen LogP contribution in [0.5, 0.6) is 0 Å². The number of thiazole rings is 1. The van der Waals surface area contributed by atoms with Crippen molar-refractivity contribution in [3.8, 4) is 10.6 Å². The lowest BCUT2D eigenvalue weighted by molar-refractivity contribution is 0.102. The van der Waals surface area contributed by atoms with Gasteiger partial charge in [-0.05, 0) is 59.7 Å². The number of fused-ring (bicyclic) bond motifs is 2. The highest BCUT2D eigenvalue weighted by molar-refractivity contribution is 7.21. The predicted octanol–water partition coefficient (Wildman–Crippen LogP) is 6.68. The number of carbonyl (C=O) groups is 1. The summed E-state index contributed by atoms with van der Waals surface area (Å²) in [6, 6.07) is 27.9. The van der Waals surface area contributed by atoms with Gasteiger partial charge in [0, 0.05) is 16.8 Å². The fourth-order valence-corrected chi connectivity index (χ4v) is 4.51. The van der Waals surface area contributed by atoms with Crippen molar-refractivity contribution in [3.63, 3.8) is 0 Å². The number of nitrogens with one attached hydrogen (secondary N) is 1. The van der Waals surface area contributed by atoms with Crippen LogP contribution >= 0.6 is 11.3 Å². The molecular weight excluding hydrogens is 376 g/mol. The molecule has 1 heterocycles. The monoisotopic (exact) mass is 394 g/mol. The van der Waals surface area contributed by atoms with Gasteiger partial charge in [0.15, 0.2) is 0 Å². The second-order valence-corrected chi connectivity index (χ2v) is 8.03. The number of benzene rings is 4. The number of aryl methyl sites for hydroxylation is 1. The van der Waals surface area contributed by atoms with E-state index in [1.165, 1.54) is 4.70 Å². The normalized spacial score (nSPS) is 11.1. The molecule has 3 nitrogen and oxygen atoms in total. The van der Waals surface area contributed by atoms with E-state index in [4.69, 9.17) is 4.98 Å². The van der Waals surface area contributed by atoms with E-state index in [2.05, 4.69) is 17.4 Å². The summed E-state index contributed by atoms with van der Waals surface area (Å²) in [5, 5.41) is 6.07. The summed E-state index contributed by atoms with van der Waals surface area (Å²) in [5.41, 5.74) is 4.58. The molecule has 1 amide bonds. The standard InChI is InChI=1S/C25H18N2OS/c1-16-15-18(25-27-22-11-4-5-12-23(22)29-25)13-14-21(16)26-24(28)20-10-6-8-17-7-2-3-9-19(17)20/h2-15H,1H3,(H,26,28). The molecule has 4 aromatic carbocycles. The smallest absolute Gasteiger partial charge is 0.256 e. The molecule has 0 atom stereocenters. The maximum Gasteiger partial charge on any atom is 0.256 e. The van der Waals surface area contributed by atoms with E-state index in [1.54, 1.807) is 11.3 Å². The first-order valence-corrected chi connectivity index (χ1v) is 10.3. The lowest BCUT2D eigenvalue weighted by atomic mass is 10.0. The maximum atomic E-state index is 12.9. The lowest BCUT2D eigenvalue weighted by Gasteiger charge is -2.11. The Labute approximate surface area is 172 Å². The van der Waals surface area contributed by atoms with Crippen LogP contribution in [0.15, 0.2) is 84.9 Å². The average Bonchev–Trinajstić information content (AvgIpc) is 3.19. The molecule has 0 unspecified atom stereocenters. The van der Waals surface area contributed by atoms with Gasteiger partial charge in [-0.1, -0.05) is 48.5 Å². The Kier molecular flexibility index (Phi) is 4.34. The number of anilines is 1. The molecule has 29 heavy (non-hydrogen) atoms. The summed E-state index contributed by atoms with van der Waals surface area (Å²) < 4.78 is 1.17. The zero-order valence-corrected chi connectivity index (χ0v) is 16.7. The highest BCUT2D eigenvalue weighted by atomic mass is 32.1. The summed E-state index contributed by atoms with van der Waals surface area (Å²) in [6.07, 6.45) is 0. The molecule has 0 bridgehead atoms. The van der Waals surface area contributed by atoms with E-state index in [-0.39, 0.29) is 5.91 Å². The first-order chi connectivity index (χ1) is 14.2. The summed E-state index contributed by atoms with van der Waals surface area (Å²) >= 11 is 1.68. The third-order valence-electron chi connectivity index (χ3n) is 5.05. The quantitative estimate of drug-likeness (QED) is 0.371. The lowest BCUT2D eigenvalue weighted by Crippen LogP contribution is -2.13. The molecule has 0 radical (unpaired) electrons. The van der Waals surface area contributed by atoms with Gasteiger partial charge >= 0.3 is 0 Å². The van der Waals surface area contributed by atoms with Crippen LogP contribution in [0.3, 0.4) is 0 Å². The van der Waals surface area contributed by atoms with E-state index in [0.717, 1.165) is 38.1 Å². The number of rotatable bonds is 3. The van der Waals surface area contributed by atoms with Gasteiger partial charge in [0.25, 0.3) is 5.91 Å². The first-order valence-electron chi connectivity index (χ1n) is 9.45. The molecule has 0 spiro atoms. The molecule has 0 fully saturated rings. The fourth-order valence-electron chi connectivity index (χ4n) is 3.55. The molecular formula is C25H18N2OS. The van der Waals surface area contributed by atoms with Gasteiger partial charge in [0.1, 0.15) is 5.01 Å². The molecule has 0 aliphatic rings. The predicted molar refractivity (Wildman–Crippen MR) is 122 cm³/mol. The zero-order chi connectivity index (χ0) is 19.8. The third-order valence-corrected chi connectivity index (χ3v) is 6.14. The molecule has 140 valence electrons. The zero-order valence-electron chi connectivity index (χ0n) is 15.8. The SMILES string of the molecule is Cc1cc(-c2nc3ccccc3s2)ccc1NC(=O)c1cccc2ccccc12. The number of aromatic nitrogens is 1. The molecule has 0 saturated heterocycles. The molecule has 4 heteroatoms. The third kappa shape index (κ3) is 3.28. The van der Waals surface area contributed by atoms with Gasteiger partial charge in [-0.2, -0.15) is 0 Å². The molecule has 0 aliphatic heterocycles.